The Labute approximate surface area is 87.5 Å². The van der Waals surface area contributed by atoms with E-state index in [1.54, 1.807) is 19.9 Å². The molecule has 0 aliphatic heterocycles. The fraction of sp³-hybridized carbons (Fsp3) is 0.455. The molecule has 1 aromatic rings. The first kappa shape index (κ1) is 9.94. The highest BCUT2D eigenvalue weighted by Crippen LogP contribution is 2.47. The first-order valence-corrected chi connectivity index (χ1v) is 5.01. The molecule has 0 aromatic heterocycles. The number of hydrogen-bond acceptors (Lipinski definition) is 1. The third-order valence-corrected chi connectivity index (χ3v) is 3.32. The standard InChI is InChI=1S/C11H12ClFO/c1-6-5-8(11(14)3-4-11)7(2)10(13)9(6)12/h5,14H,3-4H2,1-2H3. The quantitative estimate of drug-likeness (QED) is 0.762. The van der Waals surface area contributed by atoms with Gasteiger partial charge in [0, 0.05) is 0 Å². The largest absolute Gasteiger partial charge is 0.385 e. The number of benzene rings is 1. The van der Waals surface area contributed by atoms with Crippen molar-refractivity contribution < 1.29 is 9.50 Å². The summed E-state index contributed by atoms with van der Waals surface area (Å²) in [6.45, 7) is 3.41. The van der Waals surface area contributed by atoms with Gasteiger partial charge in [0.25, 0.3) is 0 Å². The van der Waals surface area contributed by atoms with Gasteiger partial charge in [-0.15, -0.1) is 0 Å². The second-order valence-corrected chi connectivity index (χ2v) is 4.40. The molecule has 1 aliphatic carbocycles. The Morgan fingerprint density at radius 1 is 1.43 bits per heavy atom. The zero-order chi connectivity index (χ0) is 10.5. The molecule has 0 amide bonds. The van der Waals surface area contributed by atoms with Crippen LogP contribution in [0.2, 0.25) is 5.02 Å². The zero-order valence-electron chi connectivity index (χ0n) is 8.19. The Kier molecular flexibility index (Phi) is 2.09. The minimum atomic E-state index is -0.791. The number of aliphatic hydroxyl groups is 1. The van der Waals surface area contributed by atoms with E-state index in [2.05, 4.69) is 0 Å². The lowest BCUT2D eigenvalue weighted by Gasteiger charge is -2.14. The summed E-state index contributed by atoms with van der Waals surface area (Å²) < 4.78 is 13.6. The molecule has 2 rings (SSSR count). The van der Waals surface area contributed by atoms with E-state index in [1.807, 2.05) is 0 Å². The zero-order valence-corrected chi connectivity index (χ0v) is 8.95. The highest BCUT2D eigenvalue weighted by atomic mass is 35.5. The Hall–Kier alpha value is -0.600. The van der Waals surface area contributed by atoms with E-state index in [4.69, 9.17) is 11.6 Å². The number of rotatable bonds is 1. The van der Waals surface area contributed by atoms with Crippen LogP contribution in [0.5, 0.6) is 0 Å². The highest BCUT2D eigenvalue weighted by Gasteiger charge is 2.43. The smallest absolute Gasteiger partial charge is 0.145 e. The average molecular weight is 215 g/mol. The van der Waals surface area contributed by atoms with Crippen LogP contribution in [0.15, 0.2) is 6.07 Å². The van der Waals surface area contributed by atoms with Gasteiger partial charge in [-0.1, -0.05) is 17.7 Å². The second-order valence-electron chi connectivity index (χ2n) is 4.03. The van der Waals surface area contributed by atoms with Crippen molar-refractivity contribution in [1.29, 1.82) is 0 Å². The molecule has 3 heteroatoms. The van der Waals surface area contributed by atoms with Crippen LogP contribution >= 0.6 is 11.6 Å². The van der Waals surface area contributed by atoms with Gasteiger partial charge in [-0.2, -0.15) is 0 Å². The lowest BCUT2D eigenvalue weighted by atomic mass is 9.98. The molecule has 1 aliphatic rings. The predicted octanol–water partition coefficient (Wildman–Crippen LogP) is 3.08. The summed E-state index contributed by atoms with van der Waals surface area (Å²) in [6, 6.07) is 1.79. The summed E-state index contributed by atoms with van der Waals surface area (Å²) in [5, 5.41) is 10.1. The van der Waals surface area contributed by atoms with E-state index in [9.17, 15) is 9.50 Å². The van der Waals surface area contributed by atoms with Crippen LogP contribution in [-0.4, -0.2) is 5.11 Å². The van der Waals surface area contributed by atoms with Gasteiger partial charge in [-0.05, 0) is 43.4 Å². The molecule has 0 radical (unpaired) electrons. The predicted molar refractivity (Wildman–Crippen MR) is 54.0 cm³/mol. The van der Waals surface area contributed by atoms with Crippen molar-refractivity contribution in [2.45, 2.75) is 32.3 Å². The molecule has 0 unspecified atom stereocenters. The van der Waals surface area contributed by atoms with Crippen LogP contribution < -0.4 is 0 Å². The Morgan fingerprint density at radius 3 is 2.50 bits per heavy atom. The first-order chi connectivity index (χ1) is 6.46. The van der Waals surface area contributed by atoms with Crippen molar-refractivity contribution in [3.05, 3.63) is 33.6 Å². The van der Waals surface area contributed by atoms with Gasteiger partial charge >= 0.3 is 0 Å². The van der Waals surface area contributed by atoms with Crippen molar-refractivity contribution >= 4 is 11.6 Å². The molecule has 1 saturated carbocycles. The minimum Gasteiger partial charge on any atom is -0.385 e. The Balaban J connectivity index is 2.62. The van der Waals surface area contributed by atoms with Gasteiger partial charge in [-0.3, -0.25) is 0 Å². The number of halogens is 2. The number of hydrogen-bond donors (Lipinski definition) is 1. The molecular formula is C11H12ClFO. The van der Waals surface area contributed by atoms with Crippen LogP contribution in [0.4, 0.5) is 4.39 Å². The molecule has 0 atom stereocenters. The van der Waals surface area contributed by atoms with Gasteiger partial charge in [-0.25, -0.2) is 4.39 Å². The van der Waals surface area contributed by atoms with E-state index in [0.29, 0.717) is 29.5 Å². The molecule has 14 heavy (non-hydrogen) atoms. The van der Waals surface area contributed by atoms with Gasteiger partial charge < -0.3 is 5.11 Å². The van der Waals surface area contributed by atoms with E-state index in [0.717, 1.165) is 0 Å². The van der Waals surface area contributed by atoms with Crippen molar-refractivity contribution in [3.8, 4) is 0 Å². The maximum atomic E-state index is 13.6. The summed E-state index contributed by atoms with van der Waals surface area (Å²) in [4.78, 5) is 0. The molecule has 0 spiro atoms. The van der Waals surface area contributed by atoms with E-state index in [1.165, 1.54) is 0 Å². The summed E-state index contributed by atoms with van der Waals surface area (Å²) >= 11 is 5.77. The van der Waals surface area contributed by atoms with Crippen LogP contribution in [0.1, 0.15) is 29.5 Å². The van der Waals surface area contributed by atoms with E-state index in [-0.39, 0.29) is 5.02 Å². The summed E-state index contributed by atoms with van der Waals surface area (Å²) in [5.74, 6) is -0.401. The van der Waals surface area contributed by atoms with Crippen molar-refractivity contribution in [3.63, 3.8) is 0 Å². The Bertz CT molecular complexity index is 397. The van der Waals surface area contributed by atoms with Gasteiger partial charge in [0.15, 0.2) is 0 Å². The van der Waals surface area contributed by atoms with Crippen molar-refractivity contribution in [1.82, 2.24) is 0 Å². The maximum absolute atomic E-state index is 13.6. The van der Waals surface area contributed by atoms with Crippen molar-refractivity contribution in [2.75, 3.05) is 0 Å². The molecule has 0 bridgehead atoms. The fourth-order valence-electron chi connectivity index (χ4n) is 1.72. The molecule has 1 nitrogen and oxygen atoms in total. The first-order valence-electron chi connectivity index (χ1n) is 4.64. The normalized spacial score (nSPS) is 18.4. The van der Waals surface area contributed by atoms with Crippen LogP contribution in [0, 0.1) is 19.7 Å². The molecule has 1 aromatic carbocycles. The minimum absolute atomic E-state index is 0.163. The van der Waals surface area contributed by atoms with Crippen molar-refractivity contribution in [2.24, 2.45) is 0 Å². The molecule has 0 heterocycles. The average Bonchev–Trinajstić information content (AvgIpc) is 2.87. The molecule has 76 valence electrons. The van der Waals surface area contributed by atoms with E-state index >= 15 is 0 Å². The SMILES string of the molecule is Cc1cc(C2(O)CC2)c(C)c(F)c1Cl. The van der Waals surface area contributed by atoms with Crippen LogP contribution in [0.3, 0.4) is 0 Å². The van der Waals surface area contributed by atoms with Gasteiger partial charge in [0.2, 0.25) is 0 Å². The highest BCUT2D eigenvalue weighted by molar-refractivity contribution is 6.31. The third kappa shape index (κ3) is 1.33. The molecule has 1 N–H and O–H groups in total. The summed E-state index contributed by atoms with van der Waals surface area (Å²) in [6.07, 6.45) is 1.43. The van der Waals surface area contributed by atoms with Gasteiger partial charge in [0.1, 0.15) is 5.82 Å². The molecular weight excluding hydrogens is 203 g/mol. The maximum Gasteiger partial charge on any atom is 0.145 e. The lowest BCUT2D eigenvalue weighted by Crippen LogP contribution is -2.09. The Morgan fingerprint density at radius 2 is 2.00 bits per heavy atom. The second kappa shape index (κ2) is 2.94. The number of aryl methyl sites for hydroxylation is 1. The summed E-state index contributed by atoms with van der Waals surface area (Å²) in [7, 11) is 0. The fourth-order valence-corrected chi connectivity index (χ4v) is 1.91. The third-order valence-electron chi connectivity index (χ3n) is 2.86. The topological polar surface area (TPSA) is 20.2 Å². The van der Waals surface area contributed by atoms with E-state index < -0.39 is 11.4 Å². The monoisotopic (exact) mass is 214 g/mol. The van der Waals surface area contributed by atoms with Crippen LogP contribution in [-0.2, 0) is 5.60 Å². The molecule has 1 fully saturated rings. The molecule has 0 saturated heterocycles. The van der Waals surface area contributed by atoms with Crippen LogP contribution in [0.25, 0.3) is 0 Å². The van der Waals surface area contributed by atoms with Gasteiger partial charge in [0.05, 0.1) is 10.6 Å². The lowest BCUT2D eigenvalue weighted by molar-refractivity contribution is 0.150. The summed E-state index contributed by atoms with van der Waals surface area (Å²) in [5.41, 5.74) is 1.06.